The zero-order chi connectivity index (χ0) is 67.5. The molecule has 12 rings (SSSR count). The number of nitrogens with zero attached hydrogens (tertiary/aromatic N) is 12. The van der Waals surface area contributed by atoms with E-state index >= 15 is 0 Å². The van der Waals surface area contributed by atoms with Gasteiger partial charge in [0.05, 0.1) is 78.2 Å². The maximum Gasteiger partial charge on any atom is 0.410 e. The molecule has 1 amide bonds. The second-order valence-electron chi connectivity index (χ2n) is 19.9. The van der Waals surface area contributed by atoms with Gasteiger partial charge in [-0.15, -0.1) is 45.3 Å². The van der Waals surface area contributed by atoms with Crippen LogP contribution in [0.2, 0.25) is 17.3 Å². The zero-order valence-electron chi connectivity index (χ0n) is 49.6. The van der Waals surface area contributed by atoms with Crippen LogP contribution in [0.4, 0.5) is 23.6 Å². The number of ether oxygens (including phenoxy) is 1. The summed E-state index contributed by atoms with van der Waals surface area (Å²) >= 11 is 30.9. The van der Waals surface area contributed by atoms with E-state index in [1.165, 1.54) is 69.2 Å². The van der Waals surface area contributed by atoms with E-state index in [2.05, 4.69) is 81.6 Å². The minimum absolute atomic E-state index is 0.0148. The lowest BCUT2D eigenvalue weighted by Crippen LogP contribution is -2.34. The normalized spacial score (nSPS) is 10.7. The molecule has 0 radical (unpaired) electrons. The molecule has 0 aliphatic carbocycles. The standard InChI is InChI=1S/C22H24FN7O2.C16H14FN7.C6H4ClNOS.C6H2ClNOS.C5H4BrClOS.C5H5ClOS/c1-22(2,3)32-21(31)29(4)12-17-25-20(27-26-17)15-9-10-16-19(24-15)18(28-30(16)5)13-7-6-8-14(23)11-13;1-18-8-13-20-16(24-22-13)12-6-5-11-15(19-12)14(23-21-11)9-3-2-4-10(17)7-9;2*1-8-5-2-4(3-9)6(7)10-5;6-4-1-3(2-8)5(7)9-4;6-5-4(3-7)1-2-8-5/h6-11H,12H2,1-5H3,(H,25,26,27);2-7,18H,8H2,1H3,(H,21,23)(H,20,22,24);2,9H,3H2;2-3H;1,8H,2H2;1-2,7H,3H2. The molecule has 482 valence electrons. The van der Waals surface area contributed by atoms with E-state index in [0.717, 1.165) is 43.1 Å². The van der Waals surface area contributed by atoms with Crippen LogP contribution in [0, 0.1) is 24.8 Å². The van der Waals surface area contributed by atoms with Gasteiger partial charge in [-0.25, -0.2) is 43.2 Å². The van der Waals surface area contributed by atoms with Crippen LogP contribution in [0.1, 0.15) is 59.5 Å². The summed E-state index contributed by atoms with van der Waals surface area (Å²) < 4.78 is 37.5. The topological polar surface area (TPSA) is 283 Å². The van der Waals surface area contributed by atoms with Crippen LogP contribution in [0.3, 0.4) is 0 Å². The van der Waals surface area contributed by atoms with E-state index in [1.807, 2.05) is 70.6 Å². The van der Waals surface area contributed by atoms with E-state index in [9.17, 15) is 18.4 Å². The minimum atomic E-state index is -0.583. The Morgan fingerprint density at radius 1 is 0.720 bits per heavy atom. The van der Waals surface area contributed by atoms with E-state index in [0.29, 0.717) is 114 Å². The van der Waals surface area contributed by atoms with Gasteiger partial charge in [-0.1, -0.05) is 70.7 Å². The smallest absolute Gasteiger partial charge is 0.410 e. The fraction of sp³-hybridized carbons (Fsp3) is 0.200. The number of thiophene rings is 4. The van der Waals surface area contributed by atoms with Crippen molar-refractivity contribution in [3.63, 3.8) is 0 Å². The first-order valence-corrected chi connectivity index (χ1v) is 32.5. The molecule has 0 unspecified atom stereocenters. The molecular formula is C60H53BrCl4F2N16O6S4. The first-order valence-electron chi connectivity index (χ1n) is 26.9. The Labute approximate surface area is 574 Å². The first-order chi connectivity index (χ1) is 44.5. The molecular weight excluding hydrogens is 1430 g/mol. The average Bonchev–Trinajstić information content (AvgIpc) is 1.66. The van der Waals surface area contributed by atoms with Gasteiger partial charge in [0.2, 0.25) is 10.0 Å². The number of fused-ring (bicyclic) bond motifs is 2. The third kappa shape index (κ3) is 20.3. The molecule has 0 fully saturated rings. The van der Waals surface area contributed by atoms with Crippen LogP contribution in [-0.4, -0.2) is 113 Å². The number of amides is 1. The monoisotopic (exact) mass is 1480 g/mol. The van der Waals surface area contributed by atoms with Crippen molar-refractivity contribution in [2.24, 2.45) is 7.05 Å². The van der Waals surface area contributed by atoms with Crippen molar-refractivity contribution in [2.75, 3.05) is 14.1 Å². The SMILES string of the molecule is CN(Cc1nc(-c2ccc3c(n2)c(-c2cccc(F)c2)nn3C)n[nH]1)C(=O)OC(C)(C)C.CNCc1nc(-c2ccc3[nH]nc(-c4cccc(F)c4)c3n2)n[nH]1.OCc1cc(Br)sc1Cl.OCc1ccsc1Cl.[C-]#[N+]c1cc(C=O)c(Cl)s1.[C-]#[N+]c1cc(CO)c(Cl)s1. The first kappa shape index (κ1) is 72.4. The summed E-state index contributed by atoms with van der Waals surface area (Å²) in [5.41, 5.74) is 8.52. The highest BCUT2D eigenvalue weighted by Gasteiger charge is 2.22. The van der Waals surface area contributed by atoms with E-state index < -0.39 is 11.7 Å². The van der Waals surface area contributed by atoms with E-state index in [1.54, 1.807) is 48.1 Å². The average molecular weight is 1480 g/mol. The number of carbonyl (C=O) groups is 2. The number of nitrogens with one attached hydrogen (secondary N) is 4. The fourth-order valence-corrected chi connectivity index (χ4v) is 12.7. The number of pyridine rings is 2. The second kappa shape index (κ2) is 34.3. The van der Waals surface area contributed by atoms with Gasteiger partial charge in [-0.3, -0.25) is 24.8 Å². The number of aliphatic hydroxyl groups is 3. The summed E-state index contributed by atoms with van der Waals surface area (Å²) in [4.78, 5) is 48.2. The van der Waals surface area contributed by atoms with Crippen LogP contribution in [0.15, 0.2) is 106 Å². The Morgan fingerprint density at radius 3 is 1.78 bits per heavy atom. The molecule has 22 nitrogen and oxygen atoms in total. The maximum atomic E-state index is 13.7. The Kier molecular flexibility index (Phi) is 26.7. The molecule has 12 aromatic rings. The van der Waals surface area contributed by atoms with Crippen molar-refractivity contribution in [1.82, 2.24) is 70.5 Å². The van der Waals surface area contributed by atoms with Gasteiger partial charge < -0.3 is 30.3 Å². The summed E-state index contributed by atoms with van der Waals surface area (Å²) in [7, 11) is 5.27. The summed E-state index contributed by atoms with van der Waals surface area (Å²) in [6.07, 6.45) is 0.193. The third-order valence-electron chi connectivity index (χ3n) is 12.0. The van der Waals surface area contributed by atoms with Crippen molar-refractivity contribution in [1.29, 1.82) is 0 Å². The summed E-state index contributed by atoms with van der Waals surface area (Å²) in [6.45, 7) is 19.4. The molecule has 0 saturated heterocycles. The molecule has 0 aliphatic rings. The number of hydrogen-bond acceptors (Lipinski definition) is 19. The number of H-pyrrole nitrogens is 3. The van der Waals surface area contributed by atoms with Gasteiger partial charge in [0.1, 0.15) is 62.7 Å². The number of aldehydes is 1. The van der Waals surface area contributed by atoms with Crippen molar-refractivity contribution >= 4 is 152 Å². The van der Waals surface area contributed by atoms with Crippen molar-refractivity contribution in [2.45, 2.75) is 59.3 Å². The van der Waals surface area contributed by atoms with Crippen molar-refractivity contribution in [3.8, 4) is 45.6 Å². The second-order valence-corrected chi connectivity index (χ2v) is 27.7. The molecule has 0 aliphatic heterocycles. The number of rotatable bonds is 12. The van der Waals surface area contributed by atoms with E-state index in [4.69, 9.17) is 84.6 Å². The fourth-order valence-electron chi connectivity index (χ4n) is 7.69. The van der Waals surface area contributed by atoms with Gasteiger partial charge in [0.15, 0.2) is 17.9 Å². The number of hydrogen-bond donors (Lipinski definition) is 7. The quantitative estimate of drug-likeness (QED) is 0.0442. The van der Waals surface area contributed by atoms with Crippen molar-refractivity contribution < 1.29 is 38.4 Å². The number of aromatic nitrogens is 12. The molecule has 93 heavy (non-hydrogen) atoms. The predicted octanol–water partition coefficient (Wildman–Crippen LogP) is 16.0. The molecule has 10 aromatic heterocycles. The maximum absolute atomic E-state index is 13.7. The summed E-state index contributed by atoms with van der Waals surface area (Å²) in [6, 6.07) is 26.6. The van der Waals surface area contributed by atoms with Crippen LogP contribution >= 0.6 is 108 Å². The highest BCUT2D eigenvalue weighted by molar-refractivity contribution is 9.11. The van der Waals surface area contributed by atoms with Crippen LogP contribution in [0.5, 0.6) is 0 Å². The van der Waals surface area contributed by atoms with Gasteiger partial charge in [-0.2, -0.15) is 20.4 Å². The third-order valence-corrected chi connectivity index (χ3v) is 17.8. The molecule has 33 heteroatoms. The Hall–Kier alpha value is -7.98. The lowest BCUT2D eigenvalue weighted by molar-refractivity contribution is 0.0281. The molecule has 0 bridgehead atoms. The zero-order valence-corrected chi connectivity index (χ0v) is 57.5. The largest absolute Gasteiger partial charge is 0.444 e. The Bertz CT molecular complexity index is 4590. The van der Waals surface area contributed by atoms with Crippen LogP contribution in [-0.2, 0) is 44.7 Å². The minimum Gasteiger partial charge on any atom is -0.444 e. The Morgan fingerprint density at radius 2 is 1.29 bits per heavy atom. The summed E-state index contributed by atoms with van der Waals surface area (Å²) in [5.74, 6) is 1.46. The Balaban J connectivity index is 0.000000174. The molecule has 10 heterocycles. The molecule has 0 saturated carbocycles. The highest BCUT2D eigenvalue weighted by atomic mass is 79.9. The van der Waals surface area contributed by atoms with Crippen LogP contribution in [0.25, 0.3) is 77.3 Å². The number of halogens is 7. The molecule has 2 aromatic carbocycles. The number of benzene rings is 2. The number of carbonyl (C=O) groups excluding carboxylic acids is 2. The van der Waals surface area contributed by atoms with E-state index in [-0.39, 0.29) is 38.0 Å². The number of aromatic amines is 3. The van der Waals surface area contributed by atoms with Gasteiger partial charge >= 0.3 is 6.09 Å². The highest BCUT2D eigenvalue weighted by Crippen LogP contribution is 2.35. The van der Waals surface area contributed by atoms with Crippen LogP contribution < -0.4 is 5.32 Å². The molecule has 7 N–H and O–H groups in total. The number of aliphatic hydroxyl groups excluding tert-OH is 3. The predicted molar refractivity (Wildman–Crippen MR) is 365 cm³/mol. The van der Waals surface area contributed by atoms with Crippen molar-refractivity contribution in [3.05, 3.63) is 192 Å². The lowest BCUT2D eigenvalue weighted by Gasteiger charge is -2.23. The van der Waals surface area contributed by atoms with Gasteiger partial charge in [0.25, 0.3) is 0 Å². The number of aryl methyl sites for hydroxylation is 1. The molecule has 0 spiro atoms. The van der Waals surface area contributed by atoms with Gasteiger partial charge in [-0.05, 0) is 127 Å². The summed E-state index contributed by atoms with van der Waals surface area (Å²) in [5, 5.41) is 57.5. The van der Waals surface area contributed by atoms with Gasteiger partial charge in [0, 0.05) is 41.9 Å². The lowest BCUT2D eigenvalue weighted by atomic mass is 10.1. The molecule has 0 atom stereocenters.